The Morgan fingerprint density at radius 2 is 2.00 bits per heavy atom. The Morgan fingerprint density at radius 1 is 1.29 bits per heavy atom. The van der Waals surface area contributed by atoms with Gasteiger partial charge in [0.15, 0.2) is 9.84 Å². The summed E-state index contributed by atoms with van der Waals surface area (Å²) in [5.74, 6) is 0.241. The van der Waals surface area contributed by atoms with Gasteiger partial charge >= 0.3 is 0 Å². The van der Waals surface area contributed by atoms with Crippen LogP contribution in [0.1, 0.15) is 39.5 Å². The summed E-state index contributed by atoms with van der Waals surface area (Å²) in [5, 5.41) is -0.218. The molecule has 4 heteroatoms. The van der Waals surface area contributed by atoms with Gasteiger partial charge in [-0.25, -0.2) is 8.42 Å². The molecule has 1 rings (SSSR count). The average molecular weight is 220 g/mol. The fourth-order valence-electron chi connectivity index (χ4n) is 1.63. The molecule has 2 atom stereocenters. The second-order valence-electron chi connectivity index (χ2n) is 3.83. The van der Waals surface area contributed by atoms with E-state index >= 15 is 0 Å². The Bertz CT molecular complexity index is 259. The van der Waals surface area contributed by atoms with E-state index in [9.17, 15) is 8.42 Å². The van der Waals surface area contributed by atoms with Crippen molar-refractivity contribution in [2.24, 2.45) is 0 Å². The monoisotopic (exact) mass is 220 g/mol. The average Bonchev–Trinajstić information content (AvgIpc) is 2.10. The van der Waals surface area contributed by atoms with E-state index in [1.54, 1.807) is 6.92 Å². The molecule has 0 aromatic heterocycles. The van der Waals surface area contributed by atoms with Crippen LogP contribution in [0.2, 0.25) is 0 Å². The minimum atomic E-state index is -2.87. The second kappa shape index (κ2) is 5.12. The molecule has 0 radical (unpaired) electrons. The van der Waals surface area contributed by atoms with Gasteiger partial charge < -0.3 is 4.74 Å². The lowest BCUT2D eigenvalue weighted by molar-refractivity contribution is 0.00467. The summed E-state index contributed by atoms with van der Waals surface area (Å²) >= 11 is 0. The lowest BCUT2D eigenvalue weighted by Crippen LogP contribution is -2.45. The quantitative estimate of drug-likeness (QED) is 0.641. The lowest BCUT2D eigenvalue weighted by atomic mass is 9.95. The summed E-state index contributed by atoms with van der Waals surface area (Å²) < 4.78 is 28.6. The first-order valence-corrected chi connectivity index (χ1v) is 7.16. The zero-order valence-electron chi connectivity index (χ0n) is 9.03. The summed E-state index contributed by atoms with van der Waals surface area (Å²) in [6.07, 6.45) is 3.79. The van der Waals surface area contributed by atoms with E-state index in [4.69, 9.17) is 4.74 Å². The van der Waals surface area contributed by atoms with E-state index in [1.807, 2.05) is 0 Å². The minimum Gasteiger partial charge on any atom is -0.377 e. The van der Waals surface area contributed by atoms with E-state index in [1.165, 1.54) is 0 Å². The fourth-order valence-corrected chi connectivity index (χ4v) is 3.23. The third-order valence-electron chi connectivity index (χ3n) is 2.84. The fraction of sp³-hybridized carbons (Fsp3) is 1.00. The van der Waals surface area contributed by atoms with Crippen molar-refractivity contribution < 1.29 is 13.2 Å². The predicted molar refractivity (Wildman–Crippen MR) is 57.1 cm³/mol. The van der Waals surface area contributed by atoms with Crippen molar-refractivity contribution in [3.05, 3.63) is 0 Å². The van der Waals surface area contributed by atoms with Crippen LogP contribution in [0.3, 0.4) is 0 Å². The number of hydrogen-bond acceptors (Lipinski definition) is 3. The Hall–Kier alpha value is -0.0900. The molecule has 0 saturated heterocycles. The molecule has 1 aliphatic rings. The highest BCUT2D eigenvalue weighted by molar-refractivity contribution is 7.92. The van der Waals surface area contributed by atoms with Crippen LogP contribution < -0.4 is 0 Å². The van der Waals surface area contributed by atoms with Gasteiger partial charge in [-0.1, -0.05) is 20.3 Å². The van der Waals surface area contributed by atoms with Gasteiger partial charge in [-0.3, -0.25) is 0 Å². The summed E-state index contributed by atoms with van der Waals surface area (Å²) in [5.41, 5.74) is 0. The van der Waals surface area contributed by atoms with E-state index < -0.39 is 9.84 Å². The van der Waals surface area contributed by atoms with Gasteiger partial charge in [-0.2, -0.15) is 0 Å². The first-order chi connectivity index (χ1) is 6.61. The molecule has 0 aromatic carbocycles. The van der Waals surface area contributed by atoms with Crippen LogP contribution in [0.25, 0.3) is 0 Å². The Balaban J connectivity index is 2.35. The molecule has 1 fully saturated rings. The molecule has 3 nitrogen and oxygen atoms in total. The van der Waals surface area contributed by atoms with Crippen LogP contribution >= 0.6 is 0 Å². The maximum Gasteiger partial charge on any atom is 0.155 e. The smallest absolute Gasteiger partial charge is 0.155 e. The molecule has 1 aliphatic carbocycles. The summed E-state index contributed by atoms with van der Waals surface area (Å²) in [6.45, 7) is 4.51. The van der Waals surface area contributed by atoms with Gasteiger partial charge in [0.05, 0.1) is 11.4 Å². The number of ether oxygens (including phenoxy) is 1. The zero-order chi connectivity index (χ0) is 10.6. The molecule has 0 heterocycles. The number of unbranched alkanes of at least 4 members (excludes halogenated alkanes) is 1. The number of sulfone groups is 1. The van der Waals surface area contributed by atoms with Crippen molar-refractivity contribution in [2.75, 3.05) is 12.4 Å². The van der Waals surface area contributed by atoms with Crippen molar-refractivity contribution in [3.63, 3.8) is 0 Å². The first-order valence-electron chi connectivity index (χ1n) is 5.45. The molecule has 0 aliphatic heterocycles. The largest absolute Gasteiger partial charge is 0.377 e. The van der Waals surface area contributed by atoms with Crippen molar-refractivity contribution in [1.29, 1.82) is 0 Å². The van der Waals surface area contributed by atoms with Gasteiger partial charge in [-0.15, -0.1) is 0 Å². The standard InChI is InChI=1S/C10H20O3S/c1-3-5-8-13-9-6-7-10(9)14(11,12)4-2/h9-10H,3-8H2,1-2H3. The predicted octanol–water partition coefficient (Wildman–Crippen LogP) is 1.77. The van der Waals surface area contributed by atoms with E-state index in [0.29, 0.717) is 6.61 Å². The first kappa shape index (κ1) is 12.0. The molecule has 1 saturated carbocycles. The van der Waals surface area contributed by atoms with Crippen molar-refractivity contribution in [2.45, 2.75) is 50.9 Å². The van der Waals surface area contributed by atoms with E-state index in [-0.39, 0.29) is 17.1 Å². The summed E-state index contributed by atoms with van der Waals surface area (Å²) in [7, 11) is -2.87. The Kier molecular flexibility index (Phi) is 4.38. The zero-order valence-corrected chi connectivity index (χ0v) is 9.85. The molecule has 2 unspecified atom stereocenters. The van der Waals surface area contributed by atoms with Gasteiger partial charge in [0, 0.05) is 12.4 Å². The van der Waals surface area contributed by atoms with Crippen molar-refractivity contribution in [3.8, 4) is 0 Å². The van der Waals surface area contributed by atoms with Gasteiger partial charge in [0.25, 0.3) is 0 Å². The summed E-state index contributed by atoms with van der Waals surface area (Å²) in [4.78, 5) is 0. The summed E-state index contributed by atoms with van der Waals surface area (Å²) in [6, 6.07) is 0. The van der Waals surface area contributed by atoms with E-state index in [0.717, 1.165) is 25.7 Å². The highest BCUT2D eigenvalue weighted by Crippen LogP contribution is 2.30. The highest BCUT2D eigenvalue weighted by atomic mass is 32.2. The molecule has 0 amide bonds. The number of hydrogen-bond donors (Lipinski definition) is 0. The minimum absolute atomic E-state index is 0.0218. The lowest BCUT2D eigenvalue weighted by Gasteiger charge is -2.35. The molecule has 0 aromatic rings. The van der Waals surface area contributed by atoms with Crippen LogP contribution in [-0.2, 0) is 14.6 Å². The normalized spacial score (nSPS) is 27.3. The van der Waals surface area contributed by atoms with Gasteiger partial charge in [0.1, 0.15) is 0 Å². The Morgan fingerprint density at radius 3 is 2.43 bits per heavy atom. The molecular weight excluding hydrogens is 200 g/mol. The Labute approximate surface area is 86.8 Å². The van der Waals surface area contributed by atoms with Crippen LogP contribution in [0.15, 0.2) is 0 Å². The molecular formula is C10H20O3S. The maximum atomic E-state index is 11.5. The van der Waals surface area contributed by atoms with Crippen molar-refractivity contribution >= 4 is 9.84 Å². The van der Waals surface area contributed by atoms with E-state index in [2.05, 4.69) is 6.92 Å². The molecule has 14 heavy (non-hydrogen) atoms. The SMILES string of the molecule is CCCCOC1CCC1S(=O)(=O)CC. The molecule has 0 bridgehead atoms. The van der Waals surface area contributed by atoms with Crippen molar-refractivity contribution in [1.82, 2.24) is 0 Å². The van der Waals surface area contributed by atoms with Gasteiger partial charge in [0.2, 0.25) is 0 Å². The third-order valence-corrected chi connectivity index (χ3v) is 5.11. The number of rotatable bonds is 6. The maximum absolute atomic E-state index is 11.5. The second-order valence-corrected chi connectivity index (χ2v) is 6.34. The molecule has 0 N–H and O–H groups in total. The highest BCUT2D eigenvalue weighted by Gasteiger charge is 2.40. The topological polar surface area (TPSA) is 43.4 Å². The van der Waals surface area contributed by atoms with Crippen LogP contribution in [0, 0.1) is 0 Å². The van der Waals surface area contributed by atoms with Crippen LogP contribution in [-0.4, -0.2) is 32.1 Å². The molecule has 84 valence electrons. The third kappa shape index (κ3) is 2.70. The van der Waals surface area contributed by atoms with Gasteiger partial charge in [-0.05, 0) is 19.3 Å². The molecule has 0 spiro atoms. The van der Waals surface area contributed by atoms with Crippen LogP contribution in [0.5, 0.6) is 0 Å². The van der Waals surface area contributed by atoms with Crippen LogP contribution in [0.4, 0.5) is 0 Å².